The maximum Gasteiger partial charge on any atom is 0.240 e. The fourth-order valence-corrected chi connectivity index (χ4v) is 4.41. The minimum absolute atomic E-state index is 0.106. The lowest BCUT2D eigenvalue weighted by Crippen LogP contribution is -2.45. The normalized spacial score (nSPS) is 16.1. The van der Waals surface area contributed by atoms with E-state index in [0.717, 1.165) is 19.3 Å². The van der Waals surface area contributed by atoms with Crippen molar-refractivity contribution in [1.82, 2.24) is 4.72 Å². The highest BCUT2D eigenvalue weighted by atomic mass is 32.2. The van der Waals surface area contributed by atoms with E-state index in [0.29, 0.717) is 18.0 Å². The van der Waals surface area contributed by atoms with Gasteiger partial charge in [-0.2, -0.15) is 0 Å². The molecule has 0 bridgehead atoms. The van der Waals surface area contributed by atoms with Gasteiger partial charge in [0.15, 0.2) is 11.5 Å². The Morgan fingerprint density at radius 2 is 1.68 bits per heavy atom. The summed E-state index contributed by atoms with van der Waals surface area (Å²) in [5.41, 5.74) is 1.08. The van der Waals surface area contributed by atoms with Crippen LogP contribution in [0.5, 0.6) is 11.5 Å². The molecule has 5 nitrogen and oxygen atoms in total. The van der Waals surface area contributed by atoms with Gasteiger partial charge in [-0.15, -0.1) is 0 Å². The Morgan fingerprint density at radius 3 is 2.24 bits per heavy atom. The van der Waals surface area contributed by atoms with E-state index in [2.05, 4.69) is 16.9 Å². The first-order valence-electron chi connectivity index (χ1n) is 8.28. The molecule has 0 aliphatic heterocycles. The van der Waals surface area contributed by atoms with Gasteiger partial charge < -0.3 is 9.47 Å². The number of hydrogen-bond acceptors (Lipinski definition) is 4. The molecule has 3 rings (SSSR count). The summed E-state index contributed by atoms with van der Waals surface area (Å²) in [7, 11) is -0.616. The molecular formula is C19H23NO4S. The fourth-order valence-electron chi connectivity index (χ4n) is 3.26. The lowest BCUT2D eigenvalue weighted by molar-refractivity contribution is 0.245. The Kier molecular flexibility index (Phi) is 5.01. The Bertz CT molecular complexity index is 830. The lowest BCUT2D eigenvalue weighted by Gasteiger charge is -2.42. The topological polar surface area (TPSA) is 64.6 Å². The fraction of sp³-hybridized carbons (Fsp3) is 0.368. The largest absolute Gasteiger partial charge is 0.493 e. The van der Waals surface area contributed by atoms with Crippen LogP contribution >= 0.6 is 0 Å². The molecule has 6 heteroatoms. The summed E-state index contributed by atoms with van der Waals surface area (Å²) in [5.74, 6) is 0.896. The predicted molar refractivity (Wildman–Crippen MR) is 96.7 cm³/mol. The minimum atomic E-state index is -3.62. The average Bonchev–Trinajstić information content (AvgIpc) is 2.61. The van der Waals surface area contributed by atoms with Gasteiger partial charge in [0.1, 0.15) is 0 Å². The van der Waals surface area contributed by atoms with Gasteiger partial charge in [0, 0.05) is 18.0 Å². The highest BCUT2D eigenvalue weighted by Crippen LogP contribution is 2.43. The molecule has 1 N–H and O–H groups in total. The van der Waals surface area contributed by atoms with Crippen molar-refractivity contribution in [3.63, 3.8) is 0 Å². The summed E-state index contributed by atoms with van der Waals surface area (Å²) in [6.07, 6.45) is 3.10. The molecule has 0 heterocycles. The van der Waals surface area contributed by atoms with E-state index in [9.17, 15) is 8.42 Å². The zero-order valence-electron chi connectivity index (χ0n) is 14.5. The third kappa shape index (κ3) is 3.50. The number of hydrogen-bond donors (Lipinski definition) is 1. The quantitative estimate of drug-likeness (QED) is 0.823. The summed E-state index contributed by atoms with van der Waals surface area (Å²) in [5, 5.41) is 0. The van der Waals surface area contributed by atoms with Crippen LogP contribution in [0.25, 0.3) is 0 Å². The van der Waals surface area contributed by atoms with Crippen LogP contribution in [0.15, 0.2) is 53.4 Å². The summed E-state index contributed by atoms with van der Waals surface area (Å²) < 4.78 is 38.6. The number of methoxy groups -OCH3 is 2. The molecule has 1 aliphatic rings. The van der Waals surface area contributed by atoms with E-state index < -0.39 is 10.0 Å². The van der Waals surface area contributed by atoms with Crippen LogP contribution in [0.3, 0.4) is 0 Å². The van der Waals surface area contributed by atoms with Crippen LogP contribution in [-0.2, 0) is 15.4 Å². The number of sulfonamides is 1. The molecule has 0 amide bonds. The van der Waals surface area contributed by atoms with E-state index in [1.165, 1.54) is 31.9 Å². The Morgan fingerprint density at radius 1 is 1.00 bits per heavy atom. The first-order chi connectivity index (χ1) is 12.0. The minimum Gasteiger partial charge on any atom is -0.493 e. The van der Waals surface area contributed by atoms with Crippen molar-refractivity contribution in [1.29, 1.82) is 0 Å². The van der Waals surface area contributed by atoms with E-state index in [4.69, 9.17) is 9.47 Å². The van der Waals surface area contributed by atoms with Crippen molar-refractivity contribution in [3.05, 3.63) is 54.1 Å². The van der Waals surface area contributed by atoms with Crippen molar-refractivity contribution in [2.75, 3.05) is 20.8 Å². The van der Waals surface area contributed by atoms with E-state index in [1.54, 1.807) is 6.07 Å². The van der Waals surface area contributed by atoms with Crippen LogP contribution in [0, 0.1) is 0 Å². The molecule has 0 radical (unpaired) electrons. The van der Waals surface area contributed by atoms with Crippen molar-refractivity contribution >= 4 is 10.0 Å². The molecule has 2 aromatic carbocycles. The molecule has 1 fully saturated rings. The molecule has 0 saturated heterocycles. The van der Waals surface area contributed by atoms with Crippen LogP contribution in [0.1, 0.15) is 24.8 Å². The molecule has 0 atom stereocenters. The third-order valence-electron chi connectivity index (χ3n) is 4.96. The smallest absolute Gasteiger partial charge is 0.240 e. The maximum absolute atomic E-state index is 12.7. The van der Waals surface area contributed by atoms with Gasteiger partial charge in [0.05, 0.1) is 19.1 Å². The number of benzene rings is 2. The molecular weight excluding hydrogens is 338 g/mol. The maximum atomic E-state index is 12.7. The van der Waals surface area contributed by atoms with Crippen LogP contribution in [0.4, 0.5) is 0 Å². The van der Waals surface area contributed by atoms with Gasteiger partial charge in [0.2, 0.25) is 10.0 Å². The highest BCUT2D eigenvalue weighted by molar-refractivity contribution is 7.89. The number of nitrogens with one attached hydrogen (secondary N) is 1. The molecule has 25 heavy (non-hydrogen) atoms. The highest BCUT2D eigenvalue weighted by Gasteiger charge is 2.39. The predicted octanol–water partition coefficient (Wildman–Crippen LogP) is 3.10. The van der Waals surface area contributed by atoms with Crippen molar-refractivity contribution in [2.24, 2.45) is 0 Å². The summed E-state index contributed by atoms with van der Waals surface area (Å²) >= 11 is 0. The van der Waals surface area contributed by atoms with Gasteiger partial charge in [0.25, 0.3) is 0 Å². The Labute approximate surface area is 149 Å². The zero-order valence-corrected chi connectivity index (χ0v) is 15.3. The molecule has 134 valence electrons. The van der Waals surface area contributed by atoms with E-state index >= 15 is 0 Å². The Balaban J connectivity index is 1.80. The van der Waals surface area contributed by atoms with Gasteiger partial charge in [-0.05, 0) is 30.5 Å². The molecule has 1 saturated carbocycles. The molecule has 0 aromatic heterocycles. The second-order valence-electron chi connectivity index (χ2n) is 6.34. The number of ether oxygens (including phenoxy) is 2. The average molecular weight is 361 g/mol. The monoisotopic (exact) mass is 361 g/mol. The number of rotatable bonds is 7. The second kappa shape index (κ2) is 7.06. The molecule has 0 spiro atoms. The second-order valence-corrected chi connectivity index (χ2v) is 8.11. The molecule has 0 unspecified atom stereocenters. The van der Waals surface area contributed by atoms with Crippen LogP contribution < -0.4 is 14.2 Å². The van der Waals surface area contributed by atoms with Crippen LogP contribution in [-0.4, -0.2) is 29.2 Å². The first kappa shape index (κ1) is 17.8. The first-order valence-corrected chi connectivity index (χ1v) is 9.76. The summed E-state index contributed by atoms with van der Waals surface area (Å²) in [6.45, 7) is 0.397. The SMILES string of the molecule is COc1ccc(S(=O)(=O)NCC2(c3ccccc3)CCC2)cc1OC. The molecule has 1 aliphatic carbocycles. The van der Waals surface area contributed by atoms with Gasteiger partial charge in [-0.1, -0.05) is 36.8 Å². The summed E-state index contributed by atoms with van der Waals surface area (Å²) in [6, 6.07) is 14.7. The van der Waals surface area contributed by atoms with Crippen molar-refractivity contribution in [2.45, 2.75) is 29.6 Å². The van der Waals surface area contributed by atoms with E-state index in [-0.39, 0.29) is 10.3 Å². The zero-order chi connectivity index (χ0) is 17.9. The van der Waals surface area contributed by atoms with Gasteiger partial charge in [-0.25, -0.2) is 13.1 Å². The van der Waals surface area contributed by atoms with Gasteiger partial charge >= 0.3 is 0 Å². The van der Waals surface area contributed by atoms with E-state index in [1.807, 2.05) is 18.2 Å². The van der Waals surface area contributed by atoms with Gasteiger partial charge in [-0.3, -0.25) is 0 Å². The summed E-state index contributed by atoms with van der Waals surface area (Å²) in [4.78, 5) is 0.174. The van der Waals surface area contributed by atoms with Crippen LogP contribution in [0.2, 0.25) is 0 Å². The lowest BCUT2D eigenvalue weighted by atomic mass is 9.64. The standard InChI is InChI=1S/C19H23NO4S/c1-23-17-10-9-16(13-18(17)24-2)25(21,22)20-14-19(11-6-12-19)15-7-4-3-5-8-15/h3-5,7-10,13,20H,6,11-12,14H2,1-2H3. The van der Waals surface area contributed by atoms with Crippen molar-refractivity contribution in [3.8, 4) is 11.5 Å². The Hall–Kier alpha value is -2.05. The molecule has 2 aromatic rings. The van der Waals surface area contributed by atoms with Crippen molar-refractivity contribution < 1.29 is 17.9 Å². The third-order valence-corrected chi connectivity index (χ3v) is 6.36.